The van der Waals surface area contributed by atoms with Crippen molar-refractivity contribution in [1.82, 2.24) is 0 Å². The zero-order valence-electron chi connectivity index (χ0n) is 17.0. The van der Waals surface area contributed by atoms with Crippen LogP contribution in [0.1, 0.15) is 67.3 Å². The molecule has 0 heterocycles. The maximum absolute atomic E-state index is 15.2. The molecule has 2 aromatic rings. The molecule has 0 aromatic heterocycles. The Balaban J connectivity index is 2.06. The van der Waals surface area contributed by atoms with Crippen LogP contribution in [0, 0.1) is 35.0 Å². The summed E-state index contributed by atoms with van der Waals surface area (Å²) in [5.41, 5.74) is -1.83. The minimum atomic E-state index is -1.84. The van der Waals surface area contributed by atoms with Gasteiger partial charge in [0.05, 0.1) is 0 Å². The number of benzene rings is 2. The van der Waals surface area contributed by atoms with E-state index < -0.39 is 46.2 Å². The number of unbranched alkanes of at least 4 members (excludes halogenated alkanes) is 1. The van der Waals surface area contributed by atoms with Gasteiger partial charge in [0.2, 0.25) is 0 Å². The van der Waals surface area contributed by atoms with Crippen molar-refractivity contribution >= 4 is 5.97 Å². The Hall–Kier alpha value is -2.70. The third-order valence-corrected chi connectivity index (χ3v) is 5.81. The molecular formula is C24H23F5O2. The highest BCUT2D eigenvalue weighted by molar-refractivity contribution is 5.91. The molecule has 1 aliphatic carbocycles. The van der Waals surface area contributed by atoms with E-state index in [4.69, 9.17) is 0 Å². The fourth-order valence-electron chi connectivity index (χ4n) is 4.23. The fourth-order valence-corrected chi connectivity index (χ4v) is 4.23. The molecule has 2 nitrogen and oxygen atoms in total. The quantitative estimate of drug-likeness (QED) is 0.290. The Morgan fingerprint density at radius 3 is 2.13 bits per heavy atom. The summed E-state index contributed by atoms with van der Waals surface area (Å²) in [6, 6.07) is 2.13. The second kappa shape index (κ2) is 9.62. The van der Waals surface area contributed by atoms with Crippen molar-refractivity contribution in [3.8, 4) is 11.1 Å². The van der Waals surface area contributed by atoms with Gasteiger partial charge >= 0.3 is 5.97 Å². The van der Waals surface area contributed by atoms with Gasteiger partial charge in [-0.05, 0) is 73.3 Å². The van der Waals surface area contributed by atoms with Crippen molar-refractivity contribution < 1.29 is 31.9 Å². The number of aromatic carboxylic acids is 1. The van der Waals surface area contributed by atoms with Gasteiger partial charge in [-0.15, -0.1) is 0 Å². The molecule has 0 spiro atoms. The Labute approximate surface area is 177 Å². The van der Waals surface area contributed by atoms with Crippen LogP contribution in [-0.4, -0.2) is 11.1 Å². The van der Waals surface area contributed by atoms with Crippen molar-refractivity contribution in [2.75, 3.05) is 0 Å². The van der Waals surface area contributed by atoms with Crippen molar-refractivity contribution in [3.63, 3.8) is 0 Å². The summed E-state index contributed by atoms with van der Waals surface area (Å²) >= 11 is 0. The van der Waals surface area contributed by atoms with E-state index in [1.165, 1.54) is 0 Å². The molecule has 1 fully saturated rings. The second-order valence-electron chi connectivity index (χ2n) is 7.90. The number of rotatable bonds is 6. The predicted molar refractivity (Wildman–Crippen MR) is 107 cm³/mol. The van der Waals surface area contributed by atoms with Crippen molar-refractivity contribution in [2.24, 2.45) is 5.92 Å². The molecule has 2 aromatic carbocycles. The van der Waals surface area contributed by atoms with Crippen molar-refractivity contribution in [1.29, 1.82) is 0 Å². The Bertz CT molecular complexity index is 985. The van der Waals surface area contributed by atoms with E-state index in [-0.39, 0.29) is 17.0 Å². The second-order valence-corrected chi connectivity index (χ2v) is 7.90. The SMILES string of the molecule is CCC/C=C/[C@H]1CC[C@H](c2cc(F)c(C(=O)O)c(F)c2-c2cc(F)c(F)c(F)c2)CC1. The Kier molecular flexibility index (Phi) is 7.13. The maximum atomic E-state index is 15.2. The average molecular weight is 438 g/mol. The lowest BCUT2D eigenvalue weighted by atomic mass is 9.76. The lowest BCUT2D eigenvalue weighted by Crippen LogP contribution is -2.16. The zero-order valence-corrected chi connectivity index (χ0v) is 17.0. The summed E-state index contributed by atoms with van der Waals surface area (Å²) in [6.45, 7) is 2.08. The highest BCUT2D eigenvalue weighted by atomic mass is 19.2. The summed E-state index contributed by atoms with van der Waals surface area (Å²) in [6.07, 6.45) is 8.94. The average Bonchev–Trinajstić information content (AvgIpc) is 2.71. The molecule has 1 N–H and O–H groups in total. The first-order valence-electron chi connectivity index (χ1n) is 10.3. The van der Waals surface area contributed by atoms with E-state index in [1.807, 2.05) is 0 Å². The predicted octanol–water partition coefficient (Wildman–Crippen LogP) is 7.38. The normalized spacial score (nSPS) is 19.2. The third-order valence-electron chi connectivity index (χ3n) is 5.81. The van der Waals surface area contributed by atoms with Crippen LogP contribution in [0.5, 0.6) is 0 Å². The molecule has 1 saturated carbocycles. The van der Waals surface area contributed by atoms with Crippen molar-refractivity contribution in [3.05, 3.63) is 70.6 Å². The molecule has 0 unspecified atom stereocenters. The first kappa shape index (κ1) is 23.0. The monoisotopic (exact) mass is 438 g/mol. The summed E-state index contributed by atoms with van der Waals surface area (Å²) in [5.74, 6) is -9.29. The first-order chi connectivity index (χ1) is 14.7. The van der Waals surface area contributed by atoms with E-state index in [0.29, 0.717) is 30.9 Å². The number of carboxylic acid groups (broad SMARTS) is 1. The van der Waals surface area contributed by atoms with Crippen LogP contribution < -0.4 is 0 Å². The van der Waals surface area contributed by atoms with Gasteiger partial charge < -0.3 is 5.11 Å². The maximum Gasteiger partial charge on any atom is 0.341 e. The van der Waals surface area contributed by atoms with Crippen LogP contribution >= 0.6 is 0 Å². The minimum Gasteiger partial charge on any atom is -0.477 e. The fraction of sp³-hybridized carbons (Fsp3) is 0.375. The van der Waals surface area contributed by atoms with Crippen molar-refractivity contribution in [2.45, 2.75) is 51.4 Å². The van der Waals surface area contributed by atoms with E-state index in [9.17, 15) is 27.5 Å². The minimum absolute atomic E-state index is 0.140. The molecule has 0 amide bonds. The summed E-state index contributed by atoms with van der Waals surface area (Å²) < 4.78 is 70.7. The van der Waals surface area contributed by atoms with E-state index in [1.54, 1.807) is 0 Å². The van der Waals surface area contributed by atoms with E-state index in [2.05, 4.69) is 19.1 Å². The molecule has 0 bridgehead atoms. The van der Waals surface area contributed by atoms with Gasteiger partial charge in [-0.2, -0.15) is 0 Å². The van der Waals surface area contributed by atoms with Gasteiger partial charge in [-0.1, -0.05) is 25.5 Å². The molecule has 7 heteroatoms. The van der Waals surface area contributed by atoms with Gasteiger partial charge in [0.1, 0.15) is 17.2 Å². The van der Waals surface area contributed by atoms with Crippen LogP contribution in [0.15, 0.2) is 30.4 Å². The smallest absolute Gasteiger partial charge is 0.341 e. The number of hydrogen-bond acceptors (Lipinski definition) is 1. The highest BCUT2D eigenvalue weighted by Crippen LogP contribution is 2.43. The highest BCUT2D eigenvalue weighted by Gasteiger charge is 2.30. The number of halogens is 5. The van der Waals surface area contributed by atoms with E-state index in [0.717, 1.165) is 31.7 Å². The van der Waals surface area contributed by atoms with E-state index >= 15 is 4.39 Å². The first-order valence-corrected chi connectivity index (χ1v) is 10.3. The molecule has 0 aliphatic heterocycles. The Morgan fingerprint density at radius 1 is 0.968 bits per heavy atom. The van der Waals surface area contributed by atoms with Gasteiger partial charge in [0, 0.05) is 5.56 Å². The van der Waals surface area contributed by atoms with Crippen LogP contribution in [0.3, 0.4) is 0 Å². The molecule has 1 aliphatic rings. The number of carboxylic acids is 1. The largest absolute Gasteiger partial charge is 0.477 e. The molecule has 0 radical (unpaired) electrons. The third kappa shape index (κ3) is 4.81. The standard InChI is InChI=1S/C24H23F5O2/c1-2-3-4-5-13-6-8-14(9-7-13)16-12-17(25)21(24(30)31)23(29)20(16)15-10-18(26)22(28)19(27)11-15/h4-5,10-14H,2-3,6-9H2,1H3,(H,30,31)/b5-4+/t13-,14-. The van der Waals surface area contributed by atoms with Gasteiger partial charge in [-0.25, -0.2) is 26.7 Å². The Morgan fingerprint density at radius 2 is 1.58 bits per heavy atom. The van der Waals surface area contributed by atoms with Gasteiger partial charge in [0.25, 0.3) is 0 Å². The number of hydrogen-bond donors (Lipinski definition) is 1. The van der Waals surface area contributed by atoms with Crippen LogP contribution in [-0.2, 0) is 0 Å². The zero-order chi connectivity index (χ0) is 22.7. The van der Waals surface area contributed by atoms with Crippen LogP contribution in [0.4, 0.5) is 22.0 Å². The molecule has 0 saturated heterocycles. The van der Waals surface area contributed by atoms with Gasteiger partial charge in [-0.3, -0.25) is 0 Å². The summed E-state index contributed by atoms with van der Waals surface area (Å²) in [4.78, 5) is 11.4. The van der Waals surface area contributed by atoms with Crippen LogP contribution in [0.25, 0.3) is 11.1 Å². The van der Waals surface area contributed by atoms with Gasteiger partial charge in [0.15, 0.2) is 17.5 Å². The molecule has 31 heavy (non-hydrogen) atoms. The lowest BCUT2D eigenvalue weighted by Gasteiger charge is -2.29. The molecule has 3 rings (SSSR count). The summed E-state index contributed by atoms with van der Waals surface area (Å²) in [7, 11) is 0. The molecular weight excluding hydrogens is 415 g/mol. The number of allylic oxidation sites excluding steroid dienone is 2. The summed E-state index contributed by atoms with van der Waals surface area (Å²) in [5, 5.41) is 9.21. The topological polar surface area (TPSA) is 37.3 Å². The number of carbonyl (C=O) groups is 1. The molecule has 166 valence electrons. The molecule has 0 atom stereocenters. The lowest BCUT2D eigenvalue weighted by molar-refractivity contribution is 0.0686. The van der Waals surface area contributed by atoms with Crippen LogP contribution in [0.2, 0.25) is 0 Å².